The van der Waals surface area contributed by atoms with E-state index in [2.05, 4.69) is 24.5 Å². The summed E-state index contributed by atoms with van der Waals surface area (Å²) in [5, 5.41) is 6.75. The number of amides is 1. The molecule has 3 heteroatoms. The maximum Gasteiger partial charge on any atom is 0.237 e. The van der Waals surface area contributed by atoms with Gasteiger partial charge in [0.1, 0.15) is 0 Å². The Morgan fingerprint density at radius 2 is 1.74 bits per heavy atom. The zero-order valence-electron chi connectivity index (χ0n) is 12.5. The van der Waals surface area contributed by atoms with Crippen LogP contribution in [0.3, 0.4) is 0 Å². The predicted molar refractivity (Wildman–Crippen MR) is 76.7 cm³/mol. The Morgan fingerprint density at radius 1 is 1.16 bits per heavy atom. The quantitative estimate of drug-likeness (QED) is 0.773. The summed E-state index contributed by atoms with van der Waals surface area (Å²) in [6.45, 7) is 6.29. The molecule has 3 nitrogen and oxygen atoms in total. The molecule has 2 N–H and O–H groups in total. The minimum Gasteiger partial charge on any atom is -0.352 e. The molecule has 0 radical (unpaired) electrons. The number of rotatable bonds is 6. The summed E-state index contributed by atoms with van der Waals surface area (Å²) in [5.41, 5.74) is 0. The van der Waals surface area contributed by atoms with Crippen molar-refractivity contribution < 1.29 is 4.79 Å². The van der Waals surface area contributed by atoms with Gasteiger partial charge in [0.25, 0.3) is 0 Å². The van der Waals surface area contributed by atoms with Crippen molar-refractivity contribution in [3.63, 3.8) is 0 Å². The van der Waals surface area contributed by atoms with E-state index in [0.29, 0.717) is 12.1 Å². The van der Waals surface area contributed by atoms with Gasteiger partial charge in [-0.1, -0.05) is 13.8 Å². The minimum absolute atomic E-state index is 0.0319. The average molecular weight is 264 g/mol. The van der Waals surface area contributed by atoms with Crippen molar-refractivity contribution in [3.05, 3.63) is 0 Å². The fourth-order valence-electron chi connectivity index (χ4n) is 4.73. The first kappa shape index (κ1) is 13.4. The Hall–Kier alpha value is -0.570. The summed E-state index contributed by atoms with van der Waals surface area (Å²) in [6, 6.07) is 0.955. The third-order valence-electron chi connectivity index (χ3n) is 5.90. The first-order valence-electron chi connectivity index (χ1n) is 8.22. The molecule has 5 unspecified atom stereocenters. The largest absolute Gasteiger partial charge is 0.352 e. The van der Waals surface area contributed by atoms with E-state index >= 15 is 0 Å². The van der Waals surface area contributed by atoms with Gasteiger partial charge < -0.3 is 10.6 Å². The third kappa shape index (κ3) is 2.31. The van der Waals surface area contributed by atoms with Crippen molar-refractivity contribution >= 4 is 5.91 Å². The Morgan fingerprint density at radius 3 is 2.26 bits per heavy atom. The van der Waals surface area contributed by atoms with Gasteiger partial charge in [0.05, 0.1) is 6.04 Å². The van der Waals surface area contributed by atoms with Crippen LogP contribution in [-0.4, -0.2) is 24.0 Å². The van der Waals surface area contributed by atoms with E-state index in [1.165, 1.54) is 19.3 Å². The van der Waals surface area contributed by atoms with Crippen molar-refractivity contribution in [1.82, 2.24) is 10.6 Å². The SMILES string of the molecule is CCC(CC)NC(=O)C(C)NC1C2C3CCC(C3)C12. The van der Waals surface area contributed by atoms with Crippen LogP contribution in [0.5, 0.6) is 0 Å². The normalized spacial score (nSPS) is 40.3. The van der Waals surface area contributed by atoms with E-state index in [0.717, 1.165) is 36.5 Å². The predicted octanol–water partition coefficient (Wildman–Crippen LogP) is 2.31. The number of fused-ring (bicyclic) bond motifs is 5. The summed E-state index contributed by atoms with van der Waals surface area (Å²) in [7, 11) is 0. The van der Waals surface area contributed by atoms with Crippen LogP contribution in [0.15, 0.2) is 0 Å². The highest BCUT2D eigenvalue weighted by atomic mass is 16.2. The van der Waals surface area contributed by atoms with Crippen LogP contribution in [0.2, 0.25) is 0 Å². The van der Waals surface area contributed by atoms with Gasteiger partial charge in [-0.25, -0.2) is 0 Å². The lowest BCUT2D eigenvalue weighted by Crippen LogP contribution is -2.47. The van der Waals surface area contributed by atoms with Crippen LogP contribution in [-0.2, 0) is 4.79 Å². The van der Waals surface area contributed by atoms with Crippen LogP contribution in [0, 0.1) is 23.7 Å². The molecule has 0 aromatic carbocycles. The van der Waals surface area contributed by atoms with E-state index in [9.17, 15) is 4.79 Å². The summed E-state index contributed by atoms with van der Waals surface area (Å²) in [4.78, 5) is 12.2. The Bertz CT molecular complexity index is 337. The van der Waals surface area contributed by atoms with Crippen molar-refractivity contribution in [3.8, 4) is 0 Å². The van der Waals surface area contributed by atoms with Gasteiger partial charge in [0.2, 0.25) is 5.91 Å². The van der Waals surface area contributed by atoms with Crippen LogP contribution in [0.1, 0.15) is 52.9 Å². The first-order valence-corrected chi connectivity index (χ1v) is 8.22. The van der Waals surface area contributed by atoms with Crippen molar-refractivity contribution in [2.45, 2.75) is 71.0 Å². The topological polar surface area (TPSA) is 41.1 Å². The van der Waals surface area contributed by atoms with Gasteiger partial charge in [0, 0.05) is 12.1 Å². The molecule has 2 bridgehead atoms. The molecule has 3 aliphatic rings. The van der Waals surface area contributed by atoms with E-state index in [1.54, 1.807) is 0 Å². The second kappa shape index (κ2) is 5.08. The lowest BCUT2D eigenvalue weighted by atomic mass is 10.0. The zero-order valence-corrected chi connectivity index (χ0v) is 12.5. The highest BCUT2D eigenvalue weighted by molar-refractivity contribution is 5.81. The molecule has 0 saturated heterocycles. The molecule has 0 spiro atoms. The summed E-state index contributed by atoms with van der Waals surface area (Å²) >= 11 is 0. The van der Waals surface area contributed by atoms with Gasteiger partial charge in [-0.2, -0.15) is 0 Å². The molecule has 3 rings (SSSR count). The smallest absolute Gasteiger partial charge is 0.237 e. The van der Waals surface area contributed by atoms with Crippen LogP contribution in [0.25, 0.3) is 0 Å². The lowest BCUT2D eigenvalue weighted by molar-refractivity contribution is -0.123. The number of hydrogen-bond donors (Lipinski definition) is 2. The second-order valence-electron chi connectivity index (χ2n) is 6.92. The molecule has 0 aromatic heterocycles. The molecular weight excluding hydrogens is 236 g/mol. The number of carbonyl (C=O) groups excluding carboxylic acids is 1. The molecule has 3 fully saturated rings. The third-order valence-corrected chi connectivity index (χ3v) is 5.90. The van der Waals surface area contributed by atoms with Crippen molar-refractivity contribution in [2.24, 2.45) is 23.7 Å². The number of nitrogens with one attached hydrogen (secondary N) is 2. The van der Waals surface area contributed by atoms with Crippen LogP contribution in [0.4, 0.5) is 0 Å². The van der Waals surface area contributed by atoms with Crippen molar-refractivity contribution in [2.75, 3.05) is 0 Å². The number of carbonyl (C=O) groups is 1. The van der Waals surface area contributed by atoms with Crippen LogP contribution < -0.4 is 10.6 Å². The standard InChI is InChI=1S/C16H28N2O/c1-4-12(5-2)18-16(19)9(3)17-15-13-10-6-7-11(8-10)14(13)15/h9-15,17H,4-8H2,1-3H3,(H,18,19). The lowest BCUT2D eigenvalue weighted by Gasteiger charge is -2.20. The molecule has 3 saturated carbocycles. The molecule has 0 aromatic rings. The molecule has 1 amide bonds. The average Bonchev–Trinajstić information content (AvgIpc) is 2.82. The van der Waals surface area contributed by atoms with Gasteiger partial charge in [0.15, 0.2) is 0 Å². The van der Waals surface area contributed by atoms with Gasteiger partial charge >= 0.3 is 0 Å². The van der Waals surface area contributed by atoms with Crippen LogP contribution >= 0.6 is 0 Å². The molecule has 0 heterocycles. The second-order valence-corrected chi connectivity index (χ2v) is 6.92. The fraction of sp³-hybridized carbons (Fsp3) is 0.938. The van der Waals surface area contributed by atoms with E-state index in [1.807, 2.05) is 6.92 Å². The molecule has 108 valence electrons. The molecular formula is C16H28N2O. The highest BCUT2D eigenvalue weighted by Crippen LogP contribution is 2.65. The fourth-order valence-corrected chi connectivity index (χ4v) is 4.73. The minimum atomic E-state index is -0.0319. The summed E-state index contributed by atoms with van der Waals surface area (Å²) < 4.78 is 0. The zero-order chi connectivity index (χ0) is 13.6. The van der Waals surface area contributed by atoms with Crippen molar-refractivity contribution in [1.29, 1.82) is 0 Å². The summed E-state index contributed by atoms with van der Waals surface area (Å²) in [6.07, 6.45) is 6.40. The molecule has 19 heavy (non-hydrogen) atoms. The highest BCUT2D eigenvalue weighted by Gasteiger charge is 2.65. The Labute approximate surface area is 116 Å². The summed E-state index contributed by atoms with van der Waals surface area (Å²) in [5.74, 6) is 3.94. The van der Waals surface area contributed by atoms with E-state index in [4.69, 9.17) is 0 Å². The van der Waals surface area contributed by atoms with E-state index < -0.39 is 0 Å². The monoisotopic (exact) mass is 264 g/mol. The van der Waals surface area contributed by atoms with Gasteiger partial charge in [-0.3, -0.25) is 4.79 Å². The first-order chi connectivity index (χ1) is 9.15. The Kier molecular flexibility index (Phi) is 3.59. The molecule has 5 atom stereocenters. The maximum absolute atomic E-state index is 12.2. The van der Waals surface area contributed by atoms with Gasteiger partial charge in [-0.15, -0.1) is 0 Å². The van der Waals surface area contributed by atoms with Gasteiger partial charge in [-0.05, 0) is 62.7 Å². The Balaban J connectivity index is 1.47. The maximum atomic E-state index is 12.2. The molecule has 3 aliphatic carbocycles. The number of hydrogen-bond acceptors (Lipinski definition) is 2. The van der Waals surface area contributed by atoms with E-state index in [-0.39, 0.29) is 11.9 Å². The molecule has 0 aliphatic heterocycles.